The predicted molar refractivity (Wildman–Crippen MR) is 124 cm³/mol. The minimum Gasteiger partial charge on any atom is -0.462 e. The molecule has 0 saturated carbocycles. The number of carbonyl (C=O) groups excluding carboxylic acids is 2. The van der Waals surface area contributed by atoms with Gasteiger partial charge in [0.15, 0.2) is 5.82 Å². The van der Waals surface area contributed by atoms with Crippen LogP contribution in [0, 0.1) is 13.8 Å². The summed E-state index contributed by atoms with van der Waals surface area (Å²) in [5, 5.41) is 12.0. The van der Waals surface area contributed by atoms with Gasteiger partial charge < -0.3 is 15.9 Å². The second kappa shape index (κ2) is 9.97. The van der Waals surface area contributed by atoms with E-state index in [0.29, 0.717) is 21.5 Å². The summed E-state index contributed by atoms with van der Waals surface area (Å²) < 4.78 is 6.53. The number of rotatable bonds is 8. The Morgan fingerprint density at radius 1 is 1.19 bits per heavy atom. The SMILES string of the molecule is CCOC(=O)c1c(NC(=O)CSc2nnc(-c3ccc(C)cc3)n2N)sc(CC)c1C. The monoisotopic (exact) mass is 459 g/mol. The third kappa shape index (κ3) is 5.08. The highest BCUT2D eigenvalue weighted by Crippen LogP contribution is 2.34. The highest BCUT2D eigenvalue weighted by molar-refractivity contribution is 7.99. The van der Waals surface area contributed by atoms with Crippen LogP contribution in [0.1, 0.15) is 40.2 Å². The van der Waals surface area contributed by atoms with Gasteiger partial charge in [0.2, 0.25) is 11.1 Å². The van der Waals surface area contributed by atoms with Crippen LogP contribution in [-0.2, 0) is 16.0 Å². The fourth-order valence-corrected chi connectivity index (χ4v) is 4.81. The number of nitrogen functional groups attached to an aromatic ring is 1. The summed E-state index contributed by atoms with van der Waals surface area (Å²) >= 11 is 2.57. The van der Waals surface area contributed by atoms with Crippen molar-refractivity contribution in [2.75, 3.05) is 23.5 Å². The van der Waals surface area contributed by atoms with E-state index in [2.05, 4.69) is 15.5 Å². The fraction of sp³-hybridized carbons (Fsp3) is 0.333. The lowest BCUT2D eigenvalue weighted by molar-refractivity contribution is -0.113. The number of thiophene rings is 1. The van der Waals surface area contributed by atoms with E-state index in [9.17, 15) is 9.59 Å². The number of nitrogens with two attached hydrogens (primary N) is 1. The average Bonchev–Trinajstić information content (AvgIpc) is 3.26. The Balaban J connectivity index is 1.70. The molecule has 0 aliphatic carbocycles. The summed E-state index contributed by atoms with van der Waals surface area (Å²) in [5.41, 5.74) is 3.25. The van der Waals surface area contributed by atoms with Crippen molar-refractivity contribution < 1.29 is 14.3 Å². The third-order valence-electron chi connectivity index (χ3n) is 4.61. The quantitative estimate of drug-likeness (QED) is 0.299. The Morgan fingerprint density at radius 3 is 2.55 bits per heavy atom. The lowest BCUT2D eigenvalue weighted by Crippen LogP contribution is -2.17. The molecule has 0 fully saturated rings. The first kappa shape index (κ1) is 22.8. The van der Waals surface area contributed by atoms with Crippen LogP contribution < -0.4 is 11.2 Å². The maximum Gasteiger partial charge on any atom is 0.341 e. The molecular formula is C21H25N5O3S2. The minimum absolute atomic E-state index is 0.0733. The first-order valence-corrected chi connectivity index (χ1v) is 11.6. The highest BCUT2D eigenvalue weighted by Gasteiger charge is 2.23. The molecule has 3 N–H and O–H groups in total. The van der Waals surface area contributed by atoms with Crippen LogP contribution in [0.2, 0.25) is 0 Å². The number of benzene rings is 1. The van der Waals surface area contributed by atoms with E-state index in [-0.39, 0.29) is 18.3 Å². The van der Waals surface area contributed by atoms with Crippen LogP contribution >= 0.6 is 23.1 Å². The summed E-state index contributed by atoms with van der Waals surface area (Å²) in [7, 11) is 0. The summed E-state index contributed by atoms with van der Waals surface area (Å²) in [6, 6.07) is 7.79. The molecule has 0 saturated heterocycles. The second-order valence-electron chi connectivity index (χ2n) is 6.81. The first-order chi connectivity index (χ1) is 14.8. The largest absolute Gasteiger partial charge is 0.462 e. The van der Waals surface area contributed by atoms with Gasteiger partial charge in [-0.25, -0.2) is 9.47 Å². The molecule has 0 bridgehead atoms. The molecule has 3 rings (SSSR count). The lowest BCUT2D eigenvalue weighted by atomic mass is 10.1. The number of amides is 1. The van der Waals surface area contributed by atoms with E-state index >= 15 is 0 Å². The standard InChI is InChI=1S/C21H25N5O3S2/c1-5-15-13(4)17(20(28)29-6-2)19(31-15)23-16(27)11-30-21-25-24-18(26(21)22)14-9-7-12(3)8-10-14/h7-10H,5-6,11,22H2,1-4H3,(H,23,27). The normalized spacial score (nSPS) is 10.8. The molecule has 1 aromatic carbocycles. The van der Waals surface area contributed by atoms with Crippen LogP contribution in [-0.4, -0.2) is 39.1 Å². The zero-order valence-electron chi connectivity index (χ0n) is 17.9. The van der Waals surface area contributed by atoms with Crippen molar-refractivity contribution >= 4 is 40.0 Å². The Hall–Kier alpha value is -2.85. The molecule has 10 heteroatoms. The van der Waals surface area contributed by atoms with Crippen molar-refractivity contribution in [2.24, 2.45) is 0 Å². The molecular weight excluding hydrogens is 434 g/mol. The molecule has 0 aliphatic rings. The van der Waals surface area contributed by atoms with Crippen LogP contribution in [0.25, 0.3) is 11.4 Å². The van der Waals surface area contributed by atoms with E-state index in [1.807, 2.05) is 45.0 Å². The lowest BCUT2D eigenvalue weighted by Gasteiger charge is -2.07. The highest BCUT2D eigenvalue weighted by atomic mass is 32.2. The van der Waals surface area contributed by atoms with Gasteiger partial charge in [-0.05, 0) is 32.8 Å². The zero-order chi connectivity index (χ0) is 22.5. The van der Waals surface area contributed by atoms with Gasteiger partial charge in [0.05, 0.1) is 17.9 Å². The van der Waals surface area contributed by atoms with Gasteiger partial charge in [-0.3, -0.25) is 4.79 Å². The molecule has 0 atom stereocenters. The zero-order valence-corrected chi connectivity index (χ0v) is 19.5. The number of hydrogen-bond acceptors (Lipinski definition) is 8. The molecule has 8 nitrogen and oxygen atoms in total. The molecule has 2 aromatic heterocycles. The maximum absolute atomic E-state index is 12.6. The van der Waals surface area contributed by atoms with Gasteiger partial charge in [-0.2, -0.15) is 0 Å². The number of esters is 1. The van der Waals surface area contributed by atoms with Crippen LogP contribution in [0.3, 0.4) is 0 Å². The van der Waals surface area contributed by atoms with Crippen LogP contribution in [0.4, 0.5) is 5.00 Å². The number of aromatic nitrogens is 3. The number of aryl methyl sites for hydroxylation is 2. The van der Waals surface area contributed by atoms with Gasteiger partial charge in [-0.1, -0.05) is 48.5 Å². The third-order valence-corrected chi connectivity index (χ3v) is 6.90. The van der Waals surface area contributed by atoms with Gasteiger partial charge in [-0.15, -0.1) is 21.5 Å². The van der Waals surface area contributed by atoms with Crippen molar-refractivity contribution in [2.45, 2.75) is 39.3 Å². The Bertz CT molecular complexity index is 1090. The molecule has 0 aliphatic heterocycles. The van der Waals surface area contributed by atoms with E-state index < -0.39 is 5.97 Å². The molecule has 3 aromatic rings. The van der Waals surface area contributed by atoms with Gasteiger partial charge in [0.1, 0.15) is 5.00 Å². The van der Waals surface area contributed by atoms with E-state index in [4.69, 9.17) is 10.6 Å². The van der Waals surface area contributed by atoms with Gasteiger partial charge >= 0.3 is 5.97 Å². The van der Waals surface area contributed by atoms with Crippen molar-refractivity contribution in [1.82, 2.24) is 14.9 Å². The number of anilines is 1. The molecule has 0 spiro atoms. The number of hydrogen-bond donors (Lipinski definition) is 2. The summed E-state index contributed by atoms with van der Waals surface area (Å²) in [6.45, 7) is 7.91. The molecule has 0 unspecified atom stereocenters. The summed E-state index contributed by atoms with van der Waals surface area (Å²) in [6.07, 6.45) is 0.769. The van der Waals surface area contributed by atoms with E-state index in [1.54, 1.807) is 6.92 Å². The molecule has 0 radical (unpaired) electrons. The fourth-order valence-electron chi connectivity index (χ4n) is 3.00. The second-order valence-corrected chi connectivity index (χ2v) is 8.86. The van der Waals surface area contributed by atoms with E-state index in [0.717, 1.165) is 28.0 Å². The maximum atomic E-state index is 12.6. The molecule has 1 amide bonds. The Kier molecular flexibility index (Phi) is 7.34. The smallest absolute Gasteiger partial charge is 0.341 e. The molecule has 2 heterocycles. The van der Waals surface area contributed by atoms with Crippen LogP contribution in [0.5, 0.6) is 0 Å². The van der Waals surface area contributed by atoms with E-state index in [1.165, 1.54) is 27.8 Å². The predicted octanol–water partition coefficient (Wildman–Crippen LogP) is 3.81. The van der Waals surface area contributed by atoms with Crippen LogP contribution in [0.15, 0.2) is 29.4 Å². The minimum atomic E-state index is -0.427. The summed E-state index contributed by atoms with van der Waals surface area (Å²) in [4.78, 5) is 26.0. The Labute approximate surface area is 189 Å². The Morgan fingerprint density at radius 2 is 1.90 bits per heavy atom. The molecule has 164 valence electrons. The van der Waals surface area contributed by atoms with Crippen molar-refractivity contribution in [3.63, 3.8) is 0 Å². The molecule has 31 heavy (non-hydrogen) atoms. The van der Waals surface area contributed by atoms with Crippen molar-refractivity contribution in [3.05, 3.63) is 45.8 Å². The van der Waals surface area contributed by atoms with Gasteiger partial charge in [0, 0.05) is 10.4 Å². The number of nitrogens with one attached hydrogen (secondary N) is 1. The first-order valence-electron chi connectivity index (χ1n) is 9.85. The van der Waals surface area contributed by atoms with Gasteiger partial charge in [0.25, 0.3) is 0 Å². The topological polar surface area (TPSA) is 112 Å². The number of carbonyl (C=O) groups is 2. The number of ether oxygens (including phenoxy) is 1. The number of nitrogens with zero attached hydrogens (tertiary/aromatic N) is 3. The average molecular weight is 460 g/mol. The number of thioether (sulfide) groups is 1. The van der Waals surface area contributed by atoms with Crippen molar-refractivity contribution in [1.29, 1.82) is 0 Å². The van der Waals surface area contributed by atoms with Crippen molar-refractivity contribution in [3.8, 4) is 11.4 Å². The summed E-state index contributed by atoms with van der Waals surface area (Å²) in [5.74, 6) is 6.03.